The summed E-state index contributed by atoms with van der Waals surface area (Å²) < 4.78 is 11.8. The molecule has 1 amide bonds. The highest BCUT2D eigenvalue weighted by Gasteiger charge is 2.34. The van der Waals surface area contributed by atoms with Crippen LogP contribution in [0.5, 0.6) is 0 Å². The second-order valence-electron chi connectivity index (χ2n) is 6.40. The van der Waals surface area contributed by atoms with Gasteiger partial charge in [0.2, 0.25) is 0 Å². The van der Waals surface area contributed by atoms with Crippen LogP contribution in [0.2, 0.25) is 0 Å². The molecule has 28 heavy (non-hydrogen) atoms. The van der Waals surface area contributed by atoms with E-state index in [0.29, 0.717) is 32.9 Å². The van der Waals surface area contributed by atoms with Gasteiger partial charge in [-0.1, -0.05) is 36.1 Å². The van der Waals surface area contributed by atoms with Crippen molar-refractivity contribution in [3.05, 3.63) is 57.2 Å². The molecule has 2 aliphatic heterocycles. The van der Waals surface area contributed by atoms with Gasteiger partial charge in [-0.2, -0.15) is 0 Å². The molecule has 1 aromatic heterocycles. The Bertz CT molecular complexity index is 978. The van der Waals surface area contributed by atoms with Crippen molar-refractivity contribution in [1.29, 1.82) is 0 Å². The Morgan fingerprint density at radius 1 is 1.32 bits per heavy atom. The Morgan fingerprint density at radius 2 is 2.14 bits per heavy atom. The number of amides is 1. The SMILES string of the molecule is O=C1/C(=C\c2ccc(-c3ccccc3[N+](=O)[O-])o2)SC(=S)N1CC1CCCO1. The number of nitro groups is 1. The maximum Gasteiger partial charge on any atom is 0.280 e. The number of hydrogen-bond acceptors (Lipinski definition) is 7. The van der Waals surface area contributed by atoms with Crippen molar-refractivity contribution in [1.82, 2.24) is 4.90 Å². The van der Waals surface area contributed by atoms with Crippen LogP contribution in [0.15, 0.2) is 45.7 Å². The average Bonchev–Trinajstić information content (AvgIpc) is 3.41. The molecule has 144 valence electrons. The van der Waals surface area contributed by atoms with E-state index in [1.165, 1.54) is 17.8 Å². The molecule has 2 fully saturated rings. The number of thiocarbonyl (C=S) groups is 1. The highest BCUT2D eigenvalue weighted by atomic mass is 32.2. The zero-order chi connectivity index (χ0) is 19.7. The second-order valence-corrected chi connectivity index (χ2v) is 8.08. The van der Waals surface area contributed by atoms with Gasteiger partial charge in [0.15, 0.2) is 0 Å². The number of nitrogens with zero attached hydrogens (tertiary/aromatic N) is 2. The zero-order valence-electron chi connectivity index (χ0n) is 14.7. The number of nitro benzene ring substituents is 1. The third kappa shape index (κ3) is 3.73. The number of furan rings is 1. The first-order valence-electron chi connectivity index (χ1n) is 8.73. The van der Waals surface area contributed by atoms with E-state index in [1.54, 1.807) is 41.3 Å². The smallest absolute Gasteiger partial charge is 0.280 e. The number of carbonyl (C=O) groups excluding carboxylic acids is 1. The molecule has 0 radical (unpaired) electrons. The van der Waals surface area contributed by atoms with Gasteiger partial charge in [0.05, 0.1) is 28.0 Å². The largest absolute Gasteiger partial charge is 0.456 e. The normalized spacial score (nSPS) is 21.1. The summed E-state index contributed by atoms with van der Waals surface area (Å²) in [6.07, 6.45) is 3.56. The number of benzene rings is 1. The topological polar surface area (TPSA) is 85.8 Å². The summed E-state index contributed by atoms with van der Waals surface area (Å²) >= 11 is 6.56. The van der Waals surface area contributed by atoms with E-state index >= 15 is 0 Å². The molecule has 1 aromatic carbocycles. The first-order valence-corrected chi connectivity index (χ1v) is 9.96. The third-order valence-corrected chi connectivity index (χ3v) is 5.93. The van der Waals surface area contributed by atoms with Crippen LogP contribution in [0.4, 0.5) is 5.69 Å². The molecule has 1 atom stereocenters. The number of carbonyl (C=O) groups is 1. The predicted molar refractivity (Wildman–Crippen MR) is 110 cm³/mol. The fourth-order valence-corrected chi connectivity index (χ4v) is 4.45. The molecule has 7 nitrogen and oxygen atoms in total. The van der Waals surface area contributed by atoms with Gasteiger partial charge in [-0.25, -0.2) is 0 Å². The van der Waals surface area contributed by atoms with Crippen molar-refractivity contribution in [2.75, 3.05) is 13.2 Å². The van der Waals surface area contributed by atoms with Gasteiger partial charge < -0.3 is 9.15 Å². The van der Waals surface area contributed by atoms with Crippen molar-refractivity contribution in [2.24, 2.45) is 0 Å². The molecule has 1 unspecified atom stereocenters. The van der Waals surface area contributed by atoms with Gasteiger partial charge in [0.25, 0.3) is 11.6 Å². The standard InChI is InChI=1S/C19H16N2O5S2/c22-18-17(28-19(27)20(18)11-13-4-3-9-25-13)10-12-7-8-16(26-12)14-5-1-2-6-15(14)21(23)24/h1-2,5-8,10,13H,3-4,9,11H2/b17-10+. The first-order chi connectivity index (χ1) is 13.5. The van der Waals surface area contributed by atoms with Gasteiger partial charge in [-0.05, 0) is 31.0 Å². The van der Waals surface area contributed by atoms with Crippen LogP contribution in [0, 0.1) is 10.1 Å². The van der Waals surface area contributed by atoms with Crippen LogP contribution in [-0.2, 0) is 9.53 Å². The quantitative estimate of drug-likeness (QED) is 0.312. The lowest BCUT2D eigenvalue weighted by atomic mass is 10.1. The molecule has 0 aliphatic carbocycles. The number of rotatable bonds is 5. The Morgan fingerprint density at radius 3 is 2.89 bits per heavy atom. The molecule has 0 bridgehead atoms. The highest BCUT2D eigenvalue weighted by Crippen LogP contribution is 2.35. The molecular weight excluding hydrogens is 400 g/mol. The lowest BCUT2D eigenvalue weighted by Crippen LogP contribution is -2.35. The van der Waals surface area contributed by atoms with E-state index < -0.39 is 4.92 Å². The molecule has 9 heteroatoms. The fourth-order valence-electron chi connectivity index (χ4n) is 3.19. The van der Waals surface area contributed by atoms with E-state index in [2.05, 4.69) is 0 Å². The Balaban J connectivity index is 1.55. The van der Waals surface area contributed by atoms with E-state index in [0.717, 1.165) is 19.4 Å². The number of thioether (sulfide) groups is 1. The number of hydrogen-bond donors (Lipinski definition) is 0. The molecule has 0 spiro atoms. The summed E-state index contributed by atoms with van der Waals surface area (Å²) in [5.74, 6) is 0.633. The van der Waals surface area contributed by atoms with Crippen molar-refractivity contribution in [2.45, 2.75) is 18.9 Å². The zero-order valence-corrected chi connectivity index (χ0v) is 16.3. The second kappa shape index (κ2) is 7.86. The van der Waals surface area contributed by atoms with Crippen LogP contribution in [0.25, 0.3) is 17.4 Å². The maximum atomic E-state index is 12.7. The Hall–Kier alpha value is -2.49. The molecular formula is C19H16N2O5S2. The third-order valence-electron chi connectivity index (χ3n) is 4.55. The van der Waals surface area contributed by atoms with Gasteiger partial charge in [-0.3, -0.25) is 19.8 Å². The Kier molecular flexibility index (Phi) is 5.29. The minimum atomic E-state index is -0.451. The van der Waals surface area contributed by atoms with E-state index in [1.807, 2.05) is 0 Å². The van der Waals surface area contributed by atoms with Crippen molar-refractivity contribution >= 4 is 46.0 Å². The molecule has 0 saturated carbocycles. The monoisotopic (exact) mass is 416 g/mol. The average molecular weight is 416 g/mol. The van der Waals surface area contributed by atoms with E-state index in [9.17, 15) is 14.9 Å². The van der Waals surface area contributed by atoms with Gasteiger partial charge in [-0.15, -0.1) is 0 Å². The van der Waals surface area contributed by atoms with Gasteiger partial charge in [0.1, 0.15) is 15.8 Å². The number of para-hydroxylation sites is 1. The van der Waals surface area contributed by atoms with Crippen molar-refractivity contribution < 1.29 is 18.9 Å². The molecule has 3 heterocycles. The van der Waals surface area contributed by atoms with E-state index in [-0.39, 0.29) is 17.7 Å². The van der Waals surface area contributed by atoms with Crippen LogP contribution in [-0.4, -0.2) is 39.3 Å². The summed E-state index contributed by atoms with van der Waals surface area (Å²) in [5.41, 5.74) is 0.351. The summed E-state index contributed by atoms with van der Waals surface area (Å²) in [4.78, 5) is 25.5. The van der Waals surface area contributed by atoms with Crippen LogP contribution < -0.4 is 0 Å². The molecule has 2 aliphatic rings. The summed E-state index contributed by atoms with van der Waals surface area (Å²) in [7, 11) is 0. The highest BCUT2D eigenvalue weighted by molar-refractivity contribution is 8.26. The van der Waals surface area contributed by atoms with Crippen molar-refractivity contribution in [3.8, 4) is 11.3 Å². The molecule has 2 saturated heterocycles. The van der Waals surface area contributed by atoms with Gasteiger partial charge in [0, 0.05) is 18.7 Å². The molecule has 2 aromatic rings. The Labute approximate surface area is 170 Å². The summed E-state index contributed by atoms with van der Waals surface area (Å²) in [6, 6.07) is 9.70. The van der Waals surface area contributed by atoms with Gasteiger partial charge >= 0.3 is 0 Å². The van der Waals surface area contributed by atoms with E-state index in [4.69, 9.17) is 21.4 Å². The first kappa shape index (κ1) is 18.9. The summed E-state index contributed by atoms with van der Waals surface area (Å²) in [6.45, 7) is 1.18. The number of ether oxygens (including phenoxy) is 1. The van der Waals surface area contributed by atoms with Crippen LogP contribution >= 0.6 is 24.0 Å². The van der Waals surface area contributed by atoms with Crippen molar-refractivity contribution in [3.63, 3.8) is 0 Å². The lowest BCUT2D eigenvalue weighted by Gasteiger charge is -2.18. The summed E-state index contributed by atoms with van der Waals surface area (Å²) in [5, 5.41) is 11.2. The van der Waals surface area contributed by atoms with Crippen LogP contribution in [0.1, 0.15) is 18.6 Å². The molecule has 0 N–H and O–H groups in total. The van der Waals surface area contributed by atoms with Crippen LogP contribution in [0.3, 0.4) is 0 Å². The predicted octanol–water partition coefficient (Wildman–Crippen LogP) is 4.24. The lowest BCUT2D eigenvalue weighted by molar-refractivity contribution is -0.384. The minimum absolute atomic E-state index is 0.0238. The maximum absolute atomic E-state index is 12.7. The fraction of sp³-hybridized carbons (Fsp3) is 0.263. The minimum Gasteiger partial charge on any atom is -0.456 e. The molecule has 4 rings (SSSR count).